The molecule has 2 rings (SSSR count). The Bertz CT molecular complexity index is 806. The number of aryl methyl sites for hydroxylation is 1. The number of nitriles is 1. The summed E-state index contributed by atoms with van der Waals surface area (Å²) in [4.78, 5) is 11.5. The molecule has 1 amide bonds. The number of benzene rings is 1. The van der Waals surface area contributed by atoms with Crippen LogP contribution in [0.25, 0.3) is 0 Å². The maximum Gasteiger partial charge on any atom is 0.240 e. The summed E-state index contributed by atoms with van der Waals surface area (Å²) in [6, 6.07) is 6.68. The van der Waals surface area contributed by atoms with Crippen molar-refractivity contribution in [2.45, 2.75) is 62.9 Å². The van der Waals surface area contributed by atoms with Gasteiger partial charge in [0.25, 0.3) is 0 Å². The van der Waals surface area contributed by atoms with Crippen molar-refractivity contribution in [3.63, 3.8) is 0 Å². The van der Waals surface area contributed by atoms with Gasteiger partial charge in [-0.1, -0.05) is 0 Å². The molecule has 7 nitrogen and oxygen atoms in total. The number of ether oxygens (including phenoxy) is 1. The fourth-order valence-corrected chi connectivity index (χ4v) is 4.61. The summed E-state index contributed by atoms with van der Waals surface area (Å²) in [5.41, 5.74) is -0.142. The standard InChI is InChI=1S/C18H25N3O4S/c1-4-25-17-6-5-16(11-13(17)2)26(23,24)21-15-7-9-18(12-19,10-8-15)20-14(3)22/h5-6,11,15,21H,4,7-10H2,1-3H3,(H,20,22). The van der Waals surface area contributed by atoms with E-state index in [1.807, 2.05) is 6.92 Å². The Kier molecular flexibility index (Phi) is 6.26. The van der Waals surface area contributed by atoms with E-state index < -0.39 is 15.6 Å². The second kappa shape index (κ2) is 8.06. The van der Waals surface area contributed by atoms with Gasteiger partial charge in [-0.25, -0.2) is 13.1 Å². The van der Waals surface area contributed by atoms with E-state index in [2.05, 4.69) is 16.1 Å². The largest absolute Gasteiger partial charge is 0.494 e. The highest BCUT2D eigenvalue weighted by Gasteiger charge is 2.37. The molecule has 0 atom stereocenters. The Morgan fingerprint density at radius 3 is 2.54 bits per heavy atom. The SMILES string of the molecule is CCOc1ccc(S(=O)(=O)NC2CCC(C#N)(NC(C)=O)CC2)cc1C. The van der Waals surface area contributed by atoms with Crippen LogP contribution in [0.5, 0.6) is 5.75 Å². The highest BCUT2D eigenvalue weighted by Crippen LogP contribution is 2.29. The van der Waals surface area contributed by atoms with Crippen molar-refractivity contribution >= 4 is 15.9 Å². The van der Waals surface area contributed by atoms with Gasteiger partial charge in [-0.2, -0.15) is 5.26 Å². The van der Waals surface area contributed by atoms with Gasteiger partial charge in [0.15, 0.2) is 0 Å². The maximum atomic E-state index is 12.6. The second-order valence-corrected chi connectivity index (χ2v) is 8.34. The highest BCUT2D eigenvalue weighted by atomic mass is 32.2. The molecule has 2 N–H and O–H groups in total. The molecule has 1 aromatic carbocycles. The molecule has 26 heavy (non-hydrogen) atoms. The Morgan fingerprint density at radius 1 is 1.38 bits per heavy atom. The third-order valence-electron chi connectivity index (χ3n) is 4.55. The van der Waals surface area contributed by atoms with Gasteiger partial charge in [0, 0.05) is 13.0 Å². The first-order valence-corrected chi connectivity index (χ1v) is 10.2. The summed E-state index contributed by atoms with van der Waals surface area (Å²) in [6.07, 6.45) is 1.81. The normalized spacial score (nSPS) is 23.1. The Hall–Kier alpha value is -2.11. The van der Waals surface area contributed by atoms with Gasteiger partial charge in [-0.3, -0.25) is 4.79 Å². The molecule has 0 heterocycles. The van der Waals surface area contributed by atoms with E-state index in [-0.39, 0.29) is 16.8 Å². The van der Waals surface area contributed by atoms with Crippen LogP contribution in [-0.2, 0) is 14.8 Å². The zero-order valence-electron chi connectivity index (χ0n) is 15.3. The van der Waals surface area contributed by atoms with Crippen molar-refractivity contribution < 1.29 is 17.9 Å². The fraction of sp³-hybridized carbons (Fsp3) is 0.556. The van der Waals surface area contributed by atoms with Crippen LogP contribution in [0.15, 0.2) is 23.1 Å². The Labute approximate surface area is 154 Å². The van der Waals surface area contributed by atoms with E-state index >= 15 is 0 Å². The number of hydrogen-bond donors (Lipinski definition) is 2. The first kappa shape index (κ1) is 20.2. The van der Waals surface area contributed by atoms with Gasteiger partial charge in [-0.05, 0) is 63.3 Å². The van der Waals surface area contributed by atoms with Crippen molar-refractivity contribution in [3.05, 3.63) is 23.8 Å². The molecular weight excluding hydrogens is 354 g/mol. The highest BCUT2D eigenvalue weighted by molar-refractivity contribution is 7.89. The van der Waals surface area contributed by atoms with E-state index in [1.165, 1.54) is 13.0 Å². The van der Waals surface area contributed by atoms with Crippen LogP contribution in [0.3, 0.4) is 0 Å². The van der Waals surface area contributed by atoms with Gasteiger partial charge >= 0.3 is 0 Å². The molecule has 0 bridgehead atoms. The summed E-state index contributed by atoms with van der Waals surface area (Å²) in [7, 11) is -3.66. The van der Waals surface area contributed by atoms with E-state index in [0.717, 1.165) is 5.56 Å². The molecule has 1 aliphatic rings. The molecule has 142 valence electrons. The topological polar surface area (TPSA) is 108 Å². The molecule has 0 aliphatic heterocycles. The van der Waals surface area contributed by atoms with Crippen molar-refractivity contribution in [3.8, 4) is 11.8 Å². The number of carbonyl (C=O) groups excluding carboxylic acids is 1. The average Bonchev–Trinajstić information content (AvgIpc) is 2.58. The van der Waals surface area contributed by atoms with E-state index in [4.69, 9.17) is 4.74 Å². The molecule has 1 aromatic rings. The van der Waals surface area contributed by atoms with Gasteiger partial charge in [0.1, 0.15) is 11.3 Å². The smallest absolute Gasteiger partial charge is 0.240 e. The number of rotatable bonds is 6. The predicted molar refractivity (Wildman–Crippen MR) is 97.1 cm³/mol. The number of hydrogen-bond acceptors (Lipinski definition) is 5. The summed E-state index contributed by atoms with van der Waals surface area (Å²) in [6.45, 7) is 5.57. The zero-order valence-corrected chi connectivity index (χ0v) is 16.1. The lowest BCUT2D eigenvalue weighted by Crippen LogP contribution is -2.52. The first-order chi connectivity index (χ1) is 12.2. The van der Waals surface area contributed by atoms with Crippen molar-refractivity contribution in [2.24, 2.45) is 0 Å². The Morgan fingerprint density at radius 2 is 2.04 bits per heavy atom. The quantitative estimate of drug-likeness (QED) is 0.786. The van der Waals surface area contributed by atoms with Crippen LogP contribution >= 0.6 is 0 Å². The van der Waals surface area contributed by atoms with E-state index in [0.29, 0.717) is 38.0 Å². The minimum atomic E-state index is -3.66. The molecule has 0 spiro atoms. The monoisotopic (exact) mass is 379 g/mol. The van der Waals surface area contributed by atoms with E-state index in [9.17, 15) is 18.5 Å². The number of nitrogens with zero attached hydrogens (tertiary/aromatic N) is 1. The first-order valence-electron chi connectivity index (χ1n) is 8.67. The van der Waals surface area contributed by atoms with Crippen LogP contribution in [0, 0.1) is 18.3 Å². The minimum Gasteiger partial charge on any atom is -0.494 e. The van der Waals surface area contributed by atoms with Gasteiger partial charge in [0.05, 0.1) is 17.6 Å². The minimum absolute atomic E-state index is 0.192. The molecule has 1 saturated carbocycles. The lowest BCUT2D eigenvalue weighted by Gasteiger charge is -2.35. The molecule has 0 radical (unpaired) electrons. The zero-order chi connectivity index (χ0) is 19.4. The molecule has 1 aliphatic carbocycles. The summed E-state index contributed by atoms with van der Waals surface area (Å²) < 4.78 is 33.4. The third-order valence-corrected chi connectivity index (χ3v) is 6.07. The number of nitrogens with one attached hydrogen (secondary N) is 2. The summed E-state index contributed by atoms with van der Waals surface area (Å²) in [5.74, 6) is 0.411. The molecule has 8 heteroatoms. The fourth-order valence-electron chi connectivity index (χ4n) is 3.22. The number of carbonyl (C=O) groups is 1. The maximum absolute atomic E-state index is 12.6. The van der Waals surface area contributed by atoms with Crippen molar-refractivity contribution in [1.29, 1.82) is 5.26 Å². The van der Waals surface area contributed by atoms with Gasteiger partial charge < -0.3 is 10.1 Å². The molecule has 0 saturated heterocycles. The average molecular weight is 379 g/mol. The van der Waals surface area contributed by atoms with Crippen LogP contribution in [0.4, 0.5) is 0 Å². The van der Waals surface area contributed by atoms with E-state index in [1.54, 1.807) is 19.1 Å². The number of sulfonamides is 1. The number of amides is 1. The lowest BCUT2D eigenvalue weighted by atomic mass is 9.80. The van der Waals surface area contributed by atoms with Crippen LogP contribution in [0.1, 0.15) is 45.1 Å². The second-order valence-electron chi connectivity index (χ2n) is 6.63. The molecule has 0 aromatic heterocycles. The van der Waals surface area contributed by atoms with Gasteiger partial charge in [0.2, 0.25) is 15.9 Å². The predicted octanol–water partition coefficient (Wildman–Crippen LogP) is 2.01. The third kappa shape index (κ3) is 4.74. The molecule has 0 unspecified atom stereocenters. The van der Waals surface area contributed by atoms with Crippen LogP contribution in [0.2, 0.25) is 0 Å². The van der Waals surface area contributed by atoms with Crippen LogP contribution in [-0.4, -0.2) is 32.5 Å². The lowest BCUT2D eigenvalue weighted by molar-refractivity contribution is -0.120. The summed E-state index contributed by atoms with van der Waals surface area (Å²) in [5, 5.41) is 12.1. The van der Waals surface area contributed by atoms with Gasteiger partial charge in [-0.15, -0.1) is 0 Å². The van der Waals surface area contributed by atoms with Crippen LogP contribution < -0.4 is 14.8 Å². The Balaban J connectivity index is 2.06. The summed E-state index contributed by atoms with van der Waals surface area (Å²) >= 11 is 0. The molecular formula is C18H25N3O4S. The van der Waals surface area contributed by atoms with Crippen molar-refractivity contribution in [1.82, 2.24) is 10.0 Å². The van der Waals surface area contributed by atoms with Crippen molar-refractivity contribution in [2.75, 3.05) is 6.61 Å². The molecule has 1 fully saturated rings.